The summed E-state index contributed by atoms with van der Waals surface area (Å²) in [4.78, 5) is 14.5. The molecule has 1 aliphatic rings. The van der Waals surface area contributed by atoms with Gasteiger partial charge < -0.3 is 10.6 Å². The largest absolute Gasteiger partial charge is 0.338 e. The number of amides is 1. The quantitative estimate of drug-likeness (QED) is 0.920. The Kier molecular flexibility index (Phi) is 4.88. The summed E-state index contributed by atoms with van der Waals surface area (Å²) in [6, 6.07) is 8.27. The van der Waals surface area contributed by atoms with Crippen molar-refractivity contribution in [1.29, 1.82) is 0 Å². The van der Waals surface area contributed by atoms with Gasteiger partial charge in [0.15, 0.2) is 0 Å². The van der Waals surface area contributed by atoms with Crippen LogP contribution in [0.5, 0.6) is 0 Å². The second-order valence-electron chi connectivity index (χ2n) is 5.05. The third-order valence-corrected chi connectivity index (χ3v) is 5.22. The molecular formula is C15H22N2OS. The van der Waals surface area contributed by atoms with Gasteiger partial charge in [-0.1, -0.05) is 31.2 Å². The highest BCUT2D eigenvalue weighted by Crippen LogP contribution is 2.25. The van der Waals surface area contributed by atoms with Crippen molar-refractivity contribution in [3.63, 3.8) is 0 Å². The molecule has 0 spiro atoms. The number of thioether (sulfide) groups is 1. The number of carbonyl (C=O) groups excluding carboxylic acids is 1. The number of rotatable bonds is 3. The van der Waals surface area contributed by atoms with E-state index >= 15 is 0 Å². The van der Waals surface area contributed by atoms with Gasteiger partial charge >= 0.3 is 0 Å². The topological polar surface area (TPSA) is 46.3 Å². The lowest BCUT2D eigenvalue weighted by Gasteiger charge is -2.37. The number of benzene rings is 1. The molecule has 1 fully saturated rings. The van der Waals surface area contributed by atoms with E-state index in [-0.39, 0.29) is 5.91 Å². The van der Waals surface area contributed by atoms with Crippen molar-refractivity contribution in [2.75, 3.05) is 12.3 Å². The van der Waals surface area contributed by atoms with Crippen LogP contribution in [-0.4, -0.2) is 34.4 Å². The molecule has 1 aromatic rings. The van der Waals surface area contributed by atoms with Gasteiger partial charge in [-0.25, -0.2) is 0 Å². The number of carbonyl (C=O) groups is 1. The minimum absolute atomic E-state index is 0.223. The number of nitrogens with two attached hydrogens (primary N) is 1. The van der Waals surface area contributed by atoms with Crippen LogP contribution in [0.2, 0.25) is 0 Å². The molecule has 19 heavy (non-hydrogen) atoms. The first-order valence-electron chi connectivity index (χ1n) is 6.81. The van der Waals surface area contributed by atoms with Gasteiger partial charge in [0.1, 0.15) is 0 Å². The van der Waals surface area contributed by atoms with E-state index in [0.29, 0.717) is 24.3 Å². The molecule has 0 radical (unpaired) electrons. The summed E-state index contributed by atoms with van der Waals surface area (Å²) in [5, 5.41) is 0.516. The van der Waals surface area contributed by atoms with Crippen LogP contribution in [0.4, 0.5) is 0 Å². The molecule has 2 unspecified atom stereocenters. The molecule has 2 N–H and O–H groups in total. The average Bonchev–Trinajstić information content (AvgIpc) is 2.42. The third kappa shape index (κ3) is 3.31. The molecule has 1 heterocycles. The first-order chi connectivity index (χ1) is 9.13. The summed E-state index contributed by atoms with van der Waals surface area (Å²) >= 11 is 1.95. The molecule has 2 rings (SSSR count). The summed E-state index contributed by atoms with van der Waals surface area (Å²) in [6.07, 6.45) is 0.467. The third-order valence-electron chi connectivity index (χ3n) is 3.88. The molecule has 104 valence electrons. The zero-order valence-electron chi connectivity index (χ0n) is 11.6. The summed E-state index contributed by atoms with van der Waals surface area (Å²) in [5.74, 6) is 1.26. The molecule has 0 saturated carbocycles. The molecule has 0 aromatic heterocycles. The van der Waals surface area contributed by atoms with E-state index < -0.39 is 0 Å². The maximum atomic E-state index is 12.5. The van der Waals surface area contributed by atoms with Crippen LogP contribution in [0.3, 0.4) is 0 Å². The van der Waals surface area contributed by atoms with Crippen LogP contribution in [0, 0.1) is 0 Å². The fraction of sp³-hybridized carbons (Fsp3) is 0.533. The number of nitrogens with zero attached hydrogens (tertiary/aromatic N) is 1. The van der Waals surface area contributed by atoms with Crippen LogP contribution in [0.25, 0.3) is 0 Å². The van der Waals surface area contributed by atoms with Crippen molar-refractivity contribution in [1.82, 2.24) is 4.90 Å². The van der Waals surface area contributed by atoms with Gasteiger partial charge in [-0.2, -0.15) is 11.8 Å². The molecule has 0 bridgehead atoms. The van der Waals surface area contributed by atoms with E-state index in [9.17, 15) is 4.79 Å². The summed E-state index contributed by atoms with van der Waals surface area (Å²) in [6.45, 7) is 5.69. The van der Waals surface area contributed by atoms with E-state index in [0.717, 1.165) is 23.4 Å². The monoisotopic (exact) mass is 278 g/mol. The number of hydrogen-bond acceptors (Lipinski definition) is 3. The van der Waals surface area contributed by atoms with Gasteiger partial charge in [0.25, 0.3) is 0 Å². The standard InChI is InChI=1S/C15H22N2OS/c1-11-12(2)19-8-7-17(11)15(18)9-13-5-3-4-6-14(13)10-16/h3-6,11-12H,7-10,16H2,1-2H3. The lowest BCUT2D eigenvalue weighted by Crippen LogP contribution is -2.48. The van der Waals surface area contributed by atoms with Crippen molar-refractivity contribution in [2.45, 2.75) is 38.1 Å². The highest BCUT2D eigenvalue weighted by molar-refractivity contribution is 8.00. The van der Waals surface area contributed by atoms with Gasteiger partial charge in [-0.15, -0.1) is 0 Å². The van der Waals surface area contributed by atoms with Gasteiger partial charge in [0, 0.05) is 30.1 Å². The van der Waals surface area contributed by atoms with Crippen molar-refractivity contribution >= 4 is 17.7 Å². The van der Waals surface area contributed by atoms with Crippen molar-refractivity contribution in [2.24, 2.45) is 5.73 Å². The van der Waals surface area contributed by atoms with Crippen LogP contribution in [0.15, 0.2) is 24.3 Å². The Morgan fingerprint density at radius 1 is 1.37 bits per heavy atom. The minimum atomic E-state index is 0.223. The molecule has 0 aliphatic carbocycles. The van der Waals surface area contributed by atoms with Crippen molar-refractivity contribution in [3.05, 3.63) is 35.4 Å². The highest BCUT2D eigenvalue weighted by atomic mass is 32.2. The Labute approximate surface area is 119 Å². The van der Waals surface area contributed by atoms with Gasteiger partial charge in [0.2, 0.25) is 5.91 Å². The Balaban J connectivity index is 2.08. The predicted molar refractivity (Wildman–Crippen MR) is 81.1 cm³/mol. The fourth-order valence-electron chi connectivity index (χ4n) is 2.48. The fourth-order valence-corrected chi connectivity index (χ4v) is 3.58. The lowest BCUT2D eigenvalue weighted by molar-refractivity contribution is -0.132. The van der Waals surface area contributed by atoms with Crippen LogP contribution < -0.4 is 5.73 Å². The molecule has 3 nitrogen and oxygen atoms in total. The number of hydrogen-bond donors (Lipinski definition) is 1. The molecule has 1 amide bonds. The second-order valence-corrected chi connectivity index (χ2v) is 6.54. The zero-order valence-corrected chi connectivity index (χ0v) is 12.5. The molecule has 4 heteroatoms. The maximum Gasteiger partial charge on any atom is 0.227 e. The van der Waals surface area contributed by atoms with E-state index in [4.69, 9.17) is 5.73 Å². The van der Waals surface area contributed by atoms with Crippen LogP contribution in [0.1, 0.15) is 25.0 Å². The highest BCUT2D eigenvalue weighted by Gasteiger charge is 2.28. The zero-order chi connectivity index (χ0) is 13.8. The Bertz CT molecular complexity index is 450. The van der Waals surface area contributed by atoms with Crippen LogP contribution >= 0.6 is 11.8 Å². The van der Waals surface area contributed by atoms with Gasteiger partial charge in [0.05, 0.1) is 6.42 Å². The maximum absolute atomic E-state index is 12.5. The molecule has 1 aliphatic heterocycles. The van der Waals surface area contributed by atoms with Crippen molar-refractivity contribution < 1.29 is 4.79 Å². The summed E-state index contributed by atoms with van der Waals surface area (Å²) in [5.41, 5.74) is 7.86. The SMILES string of the molecule is CC1SCCN(C(=O)Cc2ccccc2CN)C1C. The molecule has 2 atom stereocenters. The first kappa shape index (κ1) is 14.4. The van der Waals surface area contributed by atoms with Gasteiger partial charge in [-0.05, 0) is 18.1 Å². The Morgan fingerprint density at radius 3 is 2.74 bits per heavy atom. The summed E-state index contributed by atoms with van der Waals surface area (Å²) in [7, 11) is 0. The first-order valence-corrected chi connectivity index (χ1v) is 7.86. The molecular weight excluding hydrogens is 256 g/mol. The Morgan fingerprint density at radius 2 is 2.05 bits per heavy atom. The lowest BCUT2D eigenvalue weighted by atomic mass is 10.0. The molecule has 1 aromatic carbocycles. The van der Waals surface area contributed by atoms with E-state index in [1.165, 1.54) is 0 Å². The predicted octanol–water partition coefficient (Wildman–Crippen LogP) is 2.04. The minimum Gasteiger partial charge on any atom is -0.338 e. The average molecular weight is 278 g/mol. The van der Waals surface area contributed by atoms with E-state index in [2.05, 4.69) is 13.8 Å². The smallest absolute Gasteiger partial charge is 0.227 e. The molecule has 1 saturated heterocycles. The normalized spacial score (nSPS) is 23.4. The van der Waals surface area contributed by atoms with Crippen molar-refractivity contribution in [3.8, 4) is 0 Å². The van der Waals surface area contributed by atoms with E-state index in [1.54, 1.807) is 0 Å². The Hall–Kier alpha value is -1.00. The summed E-state index contributed by atoms with van der Waals surface area (Å²) < 4.78 is 0. The second kappa shape index (κ2) is 6.44. The van der Waals surface area contributed by atoms with Gasteiger partial charge in [-0.3, -0.25) is 4.79 Å². The van der Waals surface area contributed by atoms with E-state index in [1.807, 2.05) is 40.9 Å². The van der Waals surface area contributed by atoms with Crippen LogP contribution in [-0.2, 0) is 17.8 Å².